The summed E-state index contributed by atoms with van der Waals surface area (Å²) in [5, 5.41) is 0. The Kier molecular flexibility index (Phi) is 16.8. The first kappa shape index (κ1) is 42.9. The van der Waals surface area contributed by atoms with E-state index in [4.69, 9.17) is 0 Å². The summed E-state index contributed by atoms with van der Waals surface area (Å²) in [6, 6.07) is 2.60. The molecule has 4 atom stereocenters. The molecule has 0 aromatic rings. The van der Waals surface area contributed by atoms with Crippen LogP contribution >= 0.6 is 0 Å². The van der Waals surface area contributed by atoms with Gasteiger partial charge in [-0.2, -0.15) is 0 Å². The zero-order valence-corrected chi connectivity index (χ0v) is 37.7. The number of hydrogen-bond acceptors (Lipinski definition) is 1. The van der Waals surface area contributed by atoms with E-state index in [1.165, 1.54) is 225 Å². The average molecular weight is 780 g/mol. The van der Waals surface area contributed by atoms with Crippen LogP contribution < -0.4 is 0 Å². The smallest absolute Gasteiger partial charge is 0.0102 e. The molecule has 8 aliphatic rings. The molecule has 322 valence electrons. The zero-order valence-electron chi connectivity index (χ0n) is 37.7. The first-order valence-corrected chi connectivity index (χ1v) is 27.1. The standard InChI is InChI=1S/C56H93N/c1-2-3-4-7-20-45-27-35-48(36-28-45)57(49-37-29-46(30-38-49)26-25-43-16-8-5-9-17-43)50-39-31-47(32-40-50)34-42-56-53-23-14-12-21-51(53)55(52-22-13-15-24-54(52)56)41-33-44-18-10-6-11-19-44/h25-26,33-34,41-56H,2-24,27-32,35-40H2,1H3/b26-25+,41-33+,42-34+. The third-order valence-corrected chi connectivity index (χ3v) is 18.9. The fourth-order valence-electron chi connectivity index (χ4n) is 15.7. The molecule has 57 heavy (non-hydrogen) atoms. The summed E-state index contributed by atoms with van der Waals surface area (Å²) >= 11 is 0. The monoisotopic (exact) mass is 780 g/mol. The van der Waals surface area contributed by atoms with Gasteiger partial charge in [-0.25, -0.2) is 0 Å². The van der Waals surface area contributed by atoms with Crippen molar-refractivity contribution in [2.24, 2.45) is 65.1 Å². The lowest BCUT2D eigenvalue weighted by Crippen LogP contribution is -2.52. The molecule has 0 amide bonds. The third kappa shape index (κ3) is 11.6. The molecule has 0 aromatic heterocycles. The Bertz CT molecular complexity index is 1180. The maximum absolute atomic E-state index is 3.27. The number of unbranched alkanes of at least 4 members (excludes halogenated alkanes) is 3. The van der Waals surface area contributed by atoms with E-state index in [0.29, 0.717) is 0 Å². The molecule has 0 spiro atoms. The minimum atomic E-state index is 0.843. The Morgan fingerprint density at radius 3 is 1.09 bits per heavy atom. The molecule has 1 heteroatoms. The van der Waals surface area contributed by atoms with Crippen molar-refractivity contribution in [1.82, 2.24) is 4.90 Å². The van der Waals surface area contributed by atoms with E-state index in [-0.39, 0.29) is 0 Å². The van der Waals surface area contributed by atoms with Gasteiger partial charge in [0.1, 0.15) is 0 Å². The summed E-state index contributed by atoms with van der Waals surface area (Å²) in [6.07, 6.45) is 68.8. The molecule has 0 bridgehead atoms. The van der Waals surface area contributed by atoms with Crippen LogP contribution in [0.3, 0.4) is 0 Å². The Morgan fingerprint density at radius 1 is 0.333 bits per heavy atom. The highest BCUT2D eigenvalue weighted by Gasteiger charge is 2.49. The van der Waals surface area contributed by atoms with Gasteiger partial charge >= 0.3 is 0 Å². The average Bonchev–Trinajstić information content (AvgIpc) is 3.28. The molecule has 0 N–H and O–H groups in total. The fraction of sp³-hybridized carbons (Fsp3) is 0.893. The van der Waals surface area contributed by atoms with Crippen molar-refractivity contribution in [3.05, 3.63) is 36.5 Å². The summed E-state index contributed by atoms with van der Waals surface area (Å²) in [5.41, 5.74) is 0. The highest BCUT2D eigenvalue weighted by Crippen LogP contribution is 2.57. The minimum absolute atomic E-state index is 0.843. The van der Waals surface area contributed by atoms with E-state index in [0.717, 1.165) is 83.2 Å². The van der Waals surface area contributed by atoms with Crippen LogP contribution in [0, 0.1) is 65.1 Å². The van der Waals surface area contributed by atoms with Crippen molar-refractivity contribution < 1.29 is 0 Å². The summed E-state index contributed by atoms with van der Waals surface area (Å²) in [5.74, 6) is 10.2. The summed E-state index contributed by atoms with van der Waals surface area (Å²) in [7, 11) is 0. The second-order valence-electron chi connectivity index (χ2n) is 22.4. The molecule has 0 aromatic carbocycles. The highest BCUT2D eigenvalue weighted by atomic mass is 15.2. The maximum Gasteiger partial charge on any atom is 0.0102 e. The van der Waals surface area contributed by atoms with Gasteiger partial charge in [0.15, 0.2) is 0 Å². The maximum atomic E-state index is 3.27. The van der Waals surface area contributed by atoms with Gasteiger partial charge in [-0.15, -0.1) is 0 Å². The van der Waals surface area contributed by atoms with Crippen LogP contribution in [0.1, 0.15) is 232 Å². The van der Waals surface area contributed by atoms with Gasteiger partial charge in [0.25, 0.3) is 0 Å². The predicted molar refractivity (Wildman–Crippen MR) is 246 cm³/mol. The van der Waals surface area contributed by atoms with Crippen LogP contribution in [0.5, 0.6) is 0 Å². The number of nitrogens with zero attached hydrogens (tertiary/aromatic N) is 1. The number of hydrogen-bond donors (Lipinski definition) is 0. The molecule has 0 saturated heterocycles. The van der Waals surface area contributed by atoms with Crippen LogP contribution in [-0.2, 0) is 0 Å². The first-order valence-electron chi connectivity index (χ1n) is 27.1. The summed E-state index contributed by atoms with van der Waals surface area (Å²) < 4.78 is 0. The molecular weight excluding hydrogens is 687 g/mol. The minimum Gasteiger partial charge on any atom is -0.294 e. The molecule has 0 aliphatic heterocycles. The van der Waals surface area contributed by atoms with Gasteiger partial charge in [0.05, 0.1) is 0 Å². The SMILES string of the molecule is CCCCCCC1CCC(N(C2CCC(/C=C/C3CCCCC3)CC2)C2CCC(/C=C/C3C4CCCCC4C(/C=C/C4CCCCC4)C4CCCCC34)CC2)CC1. The van der Waals surface area contributed by atoms with Crippen molar-refractivity contribution in [2.75, 3.05) is 0 Å². The second kappa shape index (κ2) is 22.3. The van der Waals surface area contributed by atoms with E-state index in [1.807, 2.05) is 0 Å². The van der Waals surface area contributed by atoms with Crippen molar-refractivity contribution in [3.8, 4) is 0 Å². The van der Waals surface area contributed by atoms with E-state index < -0.39 is 0 Å². The number of rotatable bonds is 14. The van der Waals surface area contributed by atoms with Gasteiger partial charge < -0.3 is 0 Å². The Labute approximate surface area is 354 Å². The number of allylic oxidation sites excluding steroid dienone is 6. The van der Waals surface area contributed by atoms with E-state index in [1.54, 1.807) is 0 Å². The second-order valence-corrected chi connectivity index (χ2v) is 22.4. The molecule has 8 fully saturated rings. The molecule has 0 radical (unpaired) electrons. The van der Waals surface area contributed by atoms with Gasteiger partial charge in [-0.1, -0.05) is 140 Å². The lowest BCUT2D eigenvalue weighted by atomic mass is 9.50. The van der Waals surface area contributed by atoms with E-state index in [2.05, 4.69) is 48.3 Å². The zero-order chi connectivity index (χ0) is 38.7. The topological polar surface area (TPSA) is 3.24 Å². The molecule has 8 aliphatic carbocycles. The normalized spacial score (nSPS) is 40.5. The van der Waals surface area contributed by atoms with Crippen LogP contribution in [0.4, 0.5) is 0 Å². The lowest BCUT2D eigenvalue weighted by molar-refractivity contribution is -0.0244. The molecule has 8 rings (SSSR count). The van der Waals surface area contributed by atoms with Crippen LogP contribution in [0.15, 0.2) is 36.5 Å². The van der Waals surface area contributed by atoms with Gasteiger partial charge in [0, 0.05) is 18.1 Å². The molecule has 1 nitrogen and oxygen atoms in total. The molecule has 0 heterocycles. The third-order valence-electron chi connectivity index (χ3n) is 18.9. The molecule has 4 unspecified atom stereocenters. The lowest BCUT2D eigenvalue weighted by Gasteiger charge is -2.54. The predicted octanol–water partition coefficient (Wildman–Crippen LogP) is 16.6. The molecular formula is C56H93N. The fourth-order valence-corrected chi connectivity index (χ4v) is 15.7. The van der Waals surface area contributed by atoms with Crippen molar-refractivity contribution in [3.63, 3.8) is 0 Å². The summed E-state index contributed by atoms with van der Waals surface area (Å²) in [6.45, 7) is 2.36. The largest absolute Gasteiger partial charge is 0.294 e. The van der Waals surface area contributed by atoms with Crippen LogP contribution in [-0.4, -0.2) is 23.0 Å². The van der Waals surface area contributed by atoms with Crippen LogP contribution in [0.25, 0.3) is 0 Å². The highest BCUT2D eigenvalue weighted by molar-refractivity contribution is 5.12. The Morgan fingerprint density at radius 2 is 0.684 bits per heavy atom. The Balaban J connectivity index is 0.893. The van der Waals surface area contributed by atoms with Crippen LogP contribution in [0.2, 0.25) is 0 Å². The van der Waals surface area contributed by atoms with Crippen molar-refractivity contribution in [1.29, 1.82) is 0 Å². The van der Waals surface area contributed by atoms with Gasteiger partial charge in [-0.05, 0) is 194 Å². The number of fused-ring (bicyclic) bond motifs is 2. The summed E-state index contributed by atoms with van der Waals surface area (Å²) in [4.78, 5) is 3.27. The van der Waals surface area contributed by atoms with Crippen molar-refractivity contribution >= 4 is 0 Å². The quantitative estimate of drug-likeness (QED) is 0.125. The van der Waals surface area contributed by atoms with Crippen molar-refractivity contribution in [2.45, 2.75) is 250 Å². The first-order chi connectivity index (χ1) is 28.2. The Hall–Kier alpha value is -0.820. The molecule has 8 saturated carbocycles. The van der Waals surface area contributed by atoms with E-state index >= 15 is 0 Å². The van der Waals surface area contributed by atoms with Gasteiger partial charge in [0.2, 0.25) is 0 Å². The van der Waals surface area contributed by atoms with Gasteiger partial charge in [-0.3, -0.25) is 4.90 Å². The van der Waals surface area contributed by atoms with E-state index in [9.17, 15) is 0 Å².